The van der Waals surface area contributed by atoms with Gasteiger partial charge in [-0.05, 0) is 55.5 Å². The van der Waals surface area contributed by atoms with Gasteiger partial charge in [-0.1, -0.05) is 29.3 Å². The van der Waals surface area contributed by atoms with Crippen molar-refractivity contribution in [2.45, 2.75) is 6.92 Å². The van der Waals surface area contributed by atoms with Gasteiger partial charge in [0.05, 0.1) is 34.5 Å². The van der Waals surface area contributed by atoms with Crippen molar-refractivity contribution in [1.82, 2.24) is 20.3 Å². The summed E-state index contributed by atoms with van der Waals surface area (Å²) in [6, 6.07) is 15.4. The Kier molecular flexibility index (Phi) is 7.18. The van der Waals surface area contributed by atoms with Gasteiger partial charge in [0.25, 0.3) is 11.6 Å². The van der Waals surface area contributed by atoms with Crippen LogP contribution in [-0.4, -0.2) is 57.2 Å². The summed E-state index contributed by atoms with van der Waals surface area (Å²) in [6.45, 7) is 4.03. The summed E-state index contributed by atoms with van der Waals surface area (Å²) in [5.41, 5.74) is 3.88. The Morgan fingerprint density at radius 2 is 1.76 bits per heavy atom. The van der Waals surface area contributed by atoms with Crippen LogP contribution in [0.3, 0.4) is 0 Å². The van der Waals surface area contributed by atoms with Gasteiger partial charge in [-0.3, -0.25) is 20.2 Å². The van der Waals surface area contributed by atoms with E-state index in [1.807, 2.05) is 36.1 Å². The number of anilines is 2. The standard InChI is InChI=1S/C25H22ClN7O4S/c1-15-2-5-17(6-3-15)32-29-20-13-18(26)19(14-21(20)30-32)27-25(38)28-24(34)16-4-7-22(23(12-16)33(35)36)31-8-10-37-11-9-31/h2-7,12-14H,8-11H2,1H3,(H2,27,28,34,38). The number of nitro groups is 1. The molecule has 3 aromatic carbocycles. The van der Waals surface area contributed by atoms with Gasteiger partial charge in [-0.2, -0.15) is 4.80 Å². The third kappa shape index (κ3) is 5.42. The van der Waals surface area contributed by atoms with Crippen LogP contribution >= 0.6 is 23.8 Å². The van der Waals surface area contributed by atoms with Gasteiger partial charge in [0.1, 0.15) is 16.7 Å². The van der Waals surface area contributed by atoms with Crippen molar-refractivity contribution in [2.75, 3.05) is 36.5 Å². The highest BCUT2D eigenvalue weighted by molar-refractivity contribution is 7.80. The minimum absolute atomic E-state index is 0.0258. The summed E-state index contributed by atoms with van der Waals surface area (Å²) in [6.07, 6.45) is 0. The minimum atomic E-state index is -0.596. The van der Waals surface area contributed by atoms with Crippen molar-refractivity contribution in [2.24, 2.45) is 0 Å². The number of rotatable bonds is 5. The molecule has 0 spiro atoms. The molecule has 13 heteroatoms. The Bertz CT molecular complexity index is 1550. The van der Waals surface area contributed by atoms with Crippen molar-refractivity contribution in [1.29, 1.82) is 0 Å². The normalized spacial score (nSPS) is 13.4. The number of hydrogen-bond donors (Lipinski definition) is 2. The maximum atomic E-state index is 12.8. The number of morpholine rings is 1. The number of nitrogens with one attached hydrogen (secondary N) is 2. The van der Waals surface area contributed by atoms with Gasteiger partial charge in [-0.25, -0.2) is 0 Å². The summed E-state index contributed by atoms with van der Waals surface area (Å²) < 4.78 is 5.32. The predicted molar refractivity (Wildman–Crippen MR) is 148 cm³/mol. The highest BCUT2D eigenvalue weighted by atomic mass is 35.5. The van der Waals surface area contributed by atoms with Gasteiger partial charge in [0.2, 0.25) is 0 Å². The molecular weight excluding hydrogens is 530 g/mol. The number of ether oxygens (including phenoxy) is 1. The fraction of sp³-hybridized carbons (Fsp3) is 0.200. The Labute approximate surface area is 227 Å². The van der Waals surface area contributed by atoms with E-state index in [0.717, 1.165) is 11.3 Å². The number of nitro benzene ring substituents is 1. The Morgan fingerprint density at radius 3 is 2.45 bits per heavy atom. The Morgan fingerprint density at radius 1 is 1.08 bits per heavy atom. The average Bonchev–Trinajstić information content (AvgIpc) is 3.32. The Hall–Kier alpha value is -4.13. The molecule has 4 aromatic rings. The first-order valence-electron chi connectivity index (χ1n) is 11.7. The number of thiocarbonyl (C=S) groups is 1. The van der Waals surface area contributed by atoms with Crippen LogP contribution in [0, 0.1) is 17.0 Å². The minimum Gasteiger partial charge on any atom is -0.378 e. The maximum Gasteiger partial charge on any atom is 0.293 e. The van der Waals surface area contributed by atoms with Crippen molar-refractivity contribution < 1.29 is 14.5 Å². The van der Waals surface area contributed by atoms with Gasteiger partial charge < -0.3 is 15.0 Å². The number of aryl methyl sites for hydroxylation is 1. The number of nitrogens with zero attached hydrogens (tertiary/aromatic N) is 5. The Balaban J connectivity index is 1.31. The third-order valence-electron chi connectivity index (χ3n) is 6.00. The summed E-state index contributed by atoms with van der Waals surface area (Å²) in [4.78, 5) is 27.4. The number of hydrogen-bond acceptors (Lipinski definition) is 8. The first-order chi connectivity index (χ1) is 18.3. The summed E-state index contributed by atoms with van der Waals surface area (Å²) >= 11 is 11.7. The van der Waals surface area contributed by atoms with E-state index in [1.54, 1.807) is 18.2 Å². The van der Waals surface area contributed by atoms with E-state index in [4.69, 9.17) is 28.6 Å². The van der Waals surface area contributed by atoms with E-state index in [1.165, 1.54) is 16.9 Å². The van der Waals surface area contributed by atoms with E-state index < -0.39 is 10.8 Å². The molecule has 0 bridgehead atoms. The van der Waals surface area contributed by atoms with Crippen molar-refractivity contribution in [3.8, 4) is 5.69 Å². The van der Waals surface area contributed by atoms with E-state index in [-0.39, 0.29) is 16.4 Å². The van der Waals surface area contributed by atoms with Crippen LogP contribution in [-0.2, 0) is 4.74 Å². The van der Waals surface area contributed by atoms with Gasteiger partial charge in [-0.15, -0.1) is 10.2 Å². The monoisotopic (exact) mass is 551 g/mol. The van der Waals surface area contributed by atoms with Crippen molar-refractivity contribution >= 4 is 62.9 Å². The van der Waals surface area contributed by atoms with E-state index >= 15 is 0 Å². The quantitative estimate of drug-likeness (QED) is 0.212. The number of amides is 1. The molecule has 5 rings (SSSR count). The zero-order chi connectivity index (χ0) is 26.8. The smallest absolute Gasteiger partial charge is 0.293 e. The number of benzene rings is 3. The predicted octanol–water partition coefficient (Wildman–Crippen LogP) is 4.25. The number of fused-ring (bicyclic) bond motifs is 1. The number of carbonyl (C=O) groups excluding carboxylic acids is 1. The molecule has 11 nitrogen and oxygen atoms in total. The molecule has 1 aromatic heterocycles. The molecule has 1 saturated heterocycles. The molecule has 1 amide bonds. The molecule has 194 valence electrons. The number of halogens is 1. The van der Waals surface area contributed by atoms with Gasteiger partial charge in [0, 0.05) is 24.7 Å². The highest BCUT2D eigenvalue weighted by Gasteiger charge is 2.23. The van der Waals surface area contributed by atoms with Crippen LogP contribution in [0.25, 0.3) is 16.7 Å². The van der Waals surface area contributed by atoms with Crippen LogP contribution < -0.4 is 15.5 Å². The molecule has 1 aliphatic heterocycles. The average molecular weight is 552 g/mol. The fourth-order valence-corrected chi connectivity index (χ4v) is 4.45. The molecule has 1 fully saturated rings. The zero-order valence-electron chi connectivity index (χ0n) is 20.2. The van der Waals surface area contributed by atoms with Crippen LogP contribution in [0.2, 0.25) is 5.02 Å². The summed E-state index contributed by atoms with van der Waals surface area (Å²) in [5, 5.41) is 26.4. The second kappa shape index (κ2) is 10.7. The molecular formula is C25H22ClN7O4S. The number of carbonyl (C=O) groups is 1. The topological polar surface area (TPSA) is 127 Å². The van der Waals surface area contributed by atoms with Crippen LogP contribution in [0.4, 0.5) is 17.1 Å². The zero-order valence-corrected chi connectivity index (χ0v) is 21.8. The molecule has 0 radical (unpaired) electrons. The molecule has 0 aliphatic carbocycles. The second-order valence-corrected chi connectivity index (χ2v) is 9.43. The molecule has 2 N–H and O–H groups in total. The number of aromatic nitrogens is 3. The fourth-order valence-electron chi connectivity index (χ4n) is 4.04. The summed E-state index contributed by atoms with van der Waals surface area (Å²) in [5.74, 6) is -0.596. The van der Waals surface area contributed by atoms with Crippen LogP contribution in [0.1, 0.15) is 15.9 Å². The van der Waals surface area contributed by atoms with E-state index in [9.17, 15) is 14.9 Å². The molecule has 0 atom stereocenters. The molecule has 0 unspecified atom stereocenters. The lowest BCUT2D eigenvalue weighted by molar-refractivity contribution is -0.384. The molecule has 38 heavy (non-hydrogen) atoms. The molecule has 2 heterocycles. The van der Waals surface area contributed by atoms with Gasteiger partial charge in [0.15, 0.2) is 5.11 Å². The lowest BCUT2D eigenvalue weighted by atomic mass is 10.1. The first kappa shape index (κ1) is 25.5. The van der Waals surface area contributed by atoms with Crippen molar-refractivity contribution in [3.63, 3.8) is 0 Å². The third-order valence-corrected chi connectivity index (χ3v) is 6.51. The lowest BCUT2D eigenvalue weighted by Crippen LogP contribution is -2.37. The van der Waals surface area contributed by atoms with E-state index in [2.05, 4.69) is 20.8 Å². The van der Waals surface area contributed by atoms with Gasteiger partial charge >= 0.3 is 0 Å². The lowest BCUT2D eigenvalue weighted by Gasteiger charge is -2.28. The second-order valence-electron chi connectivity index (χ2n) is 8.61. The first-order valence-corrected chi connectivity index (χ1v) is 12.4. The highest BCUT2D eigenvalue weighted by Crippen LogP contribution is 2.30. The van der Waals surface area contributed by atoms with Crippen molar-refractivity contribution in [3.05, 3.63) is 80.9 Å². The SMILES string of the molecule is Cc1ccc(-n2nc3cc(Cl)c(NC(=S)NC(=O)c4ccc(N5CCOCC5)c([N+](=O)[O-])c4)cc3n2)cc1. The van der Waals surface area contributed by atoms with Crippen LogP contribution in [0.15, 0.2) is 54.6 Å². The largest absolute Gasteiger partial charge is 0.378 e. The maximum absolute atomic E-state index is 12.8. The molecule has 0 saturated carbocycles. The summed E-state index contributed by atoms with van der Waals surface area (Å²) in [7, 11) is 0. The molecule has 1 aliphatic rings. The van der Waals surface area contributed by atoms with Crippen LogP contribution in [0.5, 0.6) is 0 Å². The van der Waals surface area contributed by atoms with E-state index in [0.29, 0.717) is 53.7 Å².